The van der Waals surface area contributed by atoms with Crippen molar-refractivity contribution in [3.05, 3.63) is 34.7 Å². The molecule has 1 aromatic carbocycles. The van der Waals surface area contributed by atoms with E-state index in [4.69, 9.17) is 17.3 Å². The maximum Gasteiger partial charge on any atom is 0.252 e. The Hall–Kier alpha value is -0.830. The molecule has 0 aliphatic heterocycles. The van der Waals surface area contributed by atoms with E-state index in [1.807, 2.05) is 0 Å². The lowest BCUT2D eigenvalue weighted by molar-refractivity contribution is -0.108. The van der Waals surface area contributed by atoms with E-state index in [1.54, 1.807) is 25.1 Å². The average molecular weight is 245 g/mol. The van der Waals surface area contributed by atoms with Crippen molar-refractivity contribution in [2.24, 2.45) is 5.92 Å². The van der Waals surface area contributed by atoms with E-state index < -0.39 is 11.8 Å². The van der Waals surface area contributed by atoms with Gasteiger partial charge in [-0.3, -0.25) is 0 Å². The molecule has 1 unspecified atom stereocenters. The molecule has 0 bridgehead atoms. The fraction of sp³-hybridized carbons (Fsp3) is 0.417. The lowest BCUT2D eigenvalue weighted by atomic mass is 9.65. The minimum Gasteiger partial charge on any atom is -0.398 e. The van der Waals surface area contributed by atoms with Gasteiger partial charge in [-0.2, -0.15) is 0 Å². The number of nitrogen functional groups attached to an aromatic ring is 1. The number of anilines is 1. The number of hydrogen-bond donors (Lipinski definition) is 1. The molecule has 2 rings (SSSR count). The van der Waals surface area contributed by atoms with Crippen LogP contribution in [0, 0.1) is 11.8 Å². The van der Waals surface area contributed by atoms with Crippen LogP contribution in [0.5, 0.6) is 0 Å². The van der Waals surface area contributed by atoms with Gasteiger partial charge in [-0.15, -0.1) is 0 Å². The quantitative estimate of drug-likeness (QED) is 0.785. The lowest BCUT2D eigenvalue weighted by Gasteiger charge is -2.44. The third-order valence-corrected chi connectivity index (χ3v) is 3.48. The summed E-state index contributed by atoms with van der Waals surface area (Å²) in [5.41, 5.74) is 6.89. The number of halogens is 3. The first-order valence-corrected chi connectivity index (χ1v) is 5.62. The maximum atomic E-state index is 13.2. The van der Waals surface area contributed by atoms with E-state index in [0.717, 1.165) is 11.5 Å². The highest BCUT2D eigenvalue weighted by atomic mass is 35.5. The van der Waals surface area contributed by atoms with Gasteiger partial charge in [0.05, 0.1) is 10.7 Å². The van der Waals surface area contributed by atoms with Crippen LogP contribution < -0.4 is 5.73 Å². The first kappa shape index (κ1) is 11.6. The molecule has 1 atom stereocenters. The Bertz CT molecular complexity index is 406. The minimum absolute atomic E-state index is 0.160. The predicted molar refractivity (Wildman–Crippen MR) is 61.6 cm³/mol. The van der Waals surface area contributed by atoms with Crippen molar-refractivity contribution >= 4 is 17.3 Å². The molecule has 1 aliphatic carbocycles. The molecular weight excluding hydrogens is 232 g/mol. The minimum atomic E-state index is -2.56. The summed E-state index contributed by atoms with van der Waals surface area (Å²) in [7, 11) is 0. The molecule has 1 nitrogen and oxygen atoms in total. The Morgan fingerprint density at radius 3 is 2.69 bits per heavy atom. The van der Waals surface area contributed by atoms with Crippen LogP contribution in [-0.4, -0.2) is 5.92 Å². The fourth-order valence-electron chi connectivity index (χ4n) is 2.22. The van der Waals surface area contributed by atoms with E-state index in [9.17, 15) is 8.78 Å². The summed E-state index contributed by atoms with van der Waals surface area (Å²) < 4.78 is 26.5. The Morgan fingerprint density at radius 2 is 2.19 bits per heavy atom. The Morgan fingerprint density at radius 1 is 1.50 bits per heavy atom. The molecular formula is C12H13ClF2N. The largest absolute Gasteiger partial charge is 0.398 e. The number of alkyl halides is 2. The molecule has 16 heavy (non-hydrogen) atoms. The molecule has 0 saturated heterocycles. The zero-order valence-electron chi connectivity index (χ0n) is 8.93. The molecule has 4 heteroatoms. The van der Waals surface area contributed by atoms with Gasteiger partial charge in [0.15, 0.2) is 0 Å². The van der Waals surface area contributed by atoms with Gasteiger partial charge in [0.25, 0.3) is 5.92 Å². The second kappa shape index (κ2) is 3.88. The first-order chi connectivity index (χ1) is 7.45. The highest BCUT2D eigenvalue weighted by Gasteiger charge is 2.55. The zero-order valence-corrected chi connectivity index (χ0v) is 9.69. The maximum absolute atomic E-state index is 13.2. The molecule has 0 spiro atoms. The molecule has 0 amide bonds. The van der Waals surface area contributed by atoms with Crippen LogP contribution in [-0.2, 0) is 0 Å². The van der Waals surface area contributed by atoms with Gasteiger partial charge in [-0.05, 0) is 24.1 Å². The highest BCUT2D eigenvalue weighted by Crippen LogP contribution is 2.54. The first-order valence-electron chi connectivity index (χ1n) is 5.24. The smallest absolute Gasteiger partial charge is 0.252 e. The van der Waals surface area contributed by atoms with E-state index in [-0.39, 0.29) is 6.42 Å². The van der Waals surface area contributed by atoms with Crippen molar-refractivity contribution in [2.45, 2.75) is 25.7 Å². The topological polar surface area (TPSA) is 26.0 Å². The Balaban J connectivity index is 2.23. The van der Waals surface area contributed by atoms with Crippen LogP contribution in [0.25, 0.3) is 0 Å². The van der Waals surface area contributed by atoms with Crippen LogP contribution in [0.3, 0.4) is 0 Å². The molecule has 1 saturated carbocycles. The molecule has 1 aliphatic rings. The Labute approximate surface area is 98.6 Å². The van der Waals surface area contributed by atoms with Gasteiger partial charge in [0.2, 0.25) is 0 Å². The van der Waals surface area contributed by atoms with Gasteiger partial charge in [0.1, 0.15) is 0 Å². The Kier molecular flexibility index (Phi) is 2.82. The van der Waals surface area contributed by atoms with Gasteiger partial charge in [-0.1, -0.05) is 24.6 Å². The van der Waals surface area contributed by atoms with Crippen LogP contribution >= 0.6 is 11.6 Å². The third-order valence-electron chi connectivity index (χ3n) is 3.13. The summed E-state index contributed by atoms with van der Waals surface area (Å²) >= 11 is 5.79. The standard InChI is InChI=1S/C12H13ClF2N/c1-2-9-8(6-12(9,14)15)7-3-4-10(13)11(16)5-7/h3-5,9H,2,6,16H2,1H3. The monoisotopic (exact) mass is 244 g/mol. The summed E-state index contributed by atoms with van der Waals surface area (Å²) in [6, 6.07) is 5.09. The molecule has 1 radical (unpaired) electrons. The van der Waals surface area contributed by atoms with Crippen molar-refractivity contribution in [3.63, 3.8) is 0 Å². The lowest BCUT2D eigenvalue weighted by Crippen LogP contribution is -2.46. The summed E-state index contributed by atoms with van der Waals surface area (Å²) in [6.07, 6.45) is 0.289. The normalized spacial score (nSPS) is 24.1. The van der Waals surface area contributed by atoms with Crippen LogP contribution in [0.1, 0.15) is 25.3 Å². The predicted octanol–water partition coefficient (Wildman–Crippen LogP) is 3.91. The van der Waals surface area contributed by atoms with Gasteiger partial charge >= 0.3 is 0 Å². The number of benzene rings is 1. The number of rotatable bonds is 2. The highest BCUT2D eigenvalue weighted by molar-refractivity contribution is 6.33. The summed E-state index contributed by atoms with van der Waals surface area (Å²) in [5, 5.41) is 0.462. The van der Waals surface area contributed by atoms with Gasteiger partial charge < -0.3 is 5.73 Å². The van der Waals surface area contributed by atoms with E-state index in [1.165, 1.54) is 0 Å². The van der Waals surface area contributed by atoms with Crippen LogP contribution in [0.15, 0.2) is 18.2 Å². The molecule has 0 aromatic heterocycles. The van der Waals surface area contributed by atoms with Crippen LogP contribution in [0.4, 0.5) is 14.5 Å². The number of hydrogen-bond acceptors (Lipinski definition) is 1. The second-order valence-corrected chi connectivity index (χ2v) is 4.57. The zero-order chi connectivity index (χ0) is 11.9. The van der Waals surface area contributed by atoms with Crippen molar-refractivity contribution in [3.8, 4) is 0 Å². The van der Waals surface area contributed by atoms with Gasteiger partial charge in [0, 0.05) is 18.3 Å². The molecule has 1 aromatic rings. The number of nitrogens with two attached hydrogens (primary N) is 1. The molecule has 87 valence electrons. The third kappa shape index (κ3) is 1.77. The second-order valence-electron chi connectivity index (χ2n) is 4.16. The van der Waals surface area contributed by atoms with Crippen molar-refractivity contribution < 1.29 is 8.78 Å². The van der Waals surface area contributed by atoms with Gasteiger partial charge in [-0.25, -0.2) is 8.78 Å². The summed E-state index contributed by atoms with van der Waals surface area (Å²) in [5.74, 6) is -2.41. The van der Waals surface area contributed by atoms with E-state index in [2.05, 4.69) is 0 Å². The average Bonchev–Trinajstić information content (AvgIpc) is 2.20. The van der Waals surface area contributed by atoms with Crippen LogP contribution in [0.2, 0.25) is 5.02 Å². The summed E-state index contributed by atoms with van der Waals surface area (Å²) in [4.78, 5) is 0. The van der Waals surface area contributed by atoms with Crippen molar-refractivity contribution in [1.82, 2.24) is 0 Å². The SMILES string of the molecule is CCC1[C](c2ccc(Cl)c(N)c2)CC1(F)F. The molecule has 2 N–H and O–H groups in total. The molecule has 0 heterocycles. The summed E-state index contributed by atoms with van der Waals surface area (Å²) in [6.45, 7) is 1.77. The molecule has 1 fully saturated rings. The van der Waals surface area contributed by atoms with E-state index in [0.29, 0.717) is 17.1 Å². The fourth-order valence-corrected chi connectivity index (χ4v) is 2.33. The van der Waals surface area contributed by atoms with Crippen molar-refractivity contribution in [1.29, 1.82) is 0 Å². The van der Waals surface area contributed by atoms with E-state index >= 15 is 0 Å². The van der Waals surface area contributed by atoms with Crippen molar-refractivity contribution in [2.75, 3.05) is 5.73 Å².